The average Bonchev–Trinajstić information content (AvgIpc) is 2.70. The molecule has 1 atom stereocenters. The Labute approximate surface area is 171 Å². The third-order valence-corrected chi connectivity index (χ3v) is 4.93. The van der Waals surface area contributed by atoms with Crippen molar-refractivity contribution in [1.82, 2.24) is 20.3 Å². The number of amides is 1. The van der Waals surface area contributed by atoms with E-state index >= 15 is 0 Å². The standard InChI is InChI=1S/C23H26N4O2/c1-15-8-9-17(21(28)27-16(2)23(3,4)5)13-20(15)29-22-18(7-6-11-25-22)19-10-12-24-14-26-19/h6-14,16H,1-5H3,(H,27,28)/t16-/m1/s1. The fraction of sp³-hybridized carbons (Fsp3) is 0.304. The molecule has 150 valence electrons. The van der Waals surface area contributed by atoms with Crippen LogP contribution < -0.4 is 10.1 Å². The number of aryl methyl sites for hydroxylation is 1. The Balaban J connectivity index is 1.88. The lowest BCUT2D eigenvalue weighted by molar-refractivity contribution is 0.0910. The number of nitrogens with one attached hydrogen (secondary N) is 1. The molecule has 0 aliphatic heterocycles. The number of nitrogens with zero attached hydrogens (tertiary/aromatic N) is 3. The topological polar surface area (TPSA) is 77.0 Å². The van der Waals surface area contributed by atoms with Crippen molar-refractivity contribution in [2.75, 3.05) is 0 Å². The predicted octanol–water partition coefficient (Wildman–Crippen LogP) is 4.80. The van der Waals surface area contributed by atoms with E-state index in [4.69, 9.17) is 4.74 Å². The number of ether oxygens (including phenoxy) is 1. The number of pyridine rings is 1. The molecule has 0 fully saturated rings. The lowest BCUT2D eigenvalue weighted by Gasteiger charge is -2.28. The van der Waals surface area contributed by atoms with E-state index in [0.29, 0.717) is 22.9 Å². The van der Waals surface area contributed by atoms with Crippen LogP contribution in [0.1, 0.15) is 43.6 Å². The third-order valence-electron chi connectivity index (χ3n) is 4.93. The second-order valence-electron chi connectivity index (χ2n) is 8.09. The van der Waals surface area contributed by atoms with Crippen molar-refractivity contribution in [1.29, 1.82) is 0 Å². The second kappa shape index (κ2) is 8.39. The van der Waals surface area contributed by atoms with Crippen LogP contribution >= 0.6 is 0 Å². The maximum atomic E-state index is 12.7. The van der Waals surface area contributed by atoms with E-state index in [0.717, 1.165) is 11.1 Å². The lowest BCUT2D eigenvalue weighted by atomic mass is 9.88. The zero-order valence-corrected chi connectivity index (χ0v) is 17.4. The van der Waals surface area contributed by atoms with Gasteiger partial charge in [0.25, 0.3) is 5.91 Å². The first kappa shape index (κ1) is 20.5. The van der Waals surface area contributed by atoms with Gasteiger partial charge in [0.1, 0.15) is 12.1 Å². The molecule has 1 N–H and O–H groups in total. The molecule has 3 aromatic rings. The molecule has 0 unspecified atom stereocenters. The summed E-state index contributed by atoms with van der Waals surface area (Å²) in [4.78, 5) is 25.3. The summed E-state index contributed by atoms with van der Waals surface area (Å²) in [6, 6.07) is 11.0. The average molecular weight is 390 g/mol. The summed E-state index contributed by atoms with van der Waals surface area (Å²) in [6.07, 6.45) is 4.82. The van der Waals surface area contributed by atoms with Gasteiger partial charge in [0.2, 0.25) is 5.88 Å². The Morgan fingerprint density at radius 2 is 1.90 bits per heavy atom. The van der Waals surface area contributed by atoms with Gasteiger partial charge in [-0.1, -0.05) is 26.8 Å². The molecule has 1 aromatic carbocycles. The van der Waals surface area contributed by atoms with Gasteiger partial charge in [0.05, 0.1) is 11.3 Å². The second-order valence-corrected chi connectivity index (χ2v) is 8.09. The fourth-order valence-electron chi connectivity index (χ4n) is 2.57. The van der Waals surface area contributed by atoms with Gasteiger partial charge in [-0.15, -0.1) is 0 Å². The van der Waals surface area contributed by atoms with E-state index in [2.05, 4.69) is 41.0 Å². The molecule has 0 aliphatic rings. The van der Waals surface area contributed by atoms with E-state index in [9.17, 15) is 4.79 Å². The van der Waals surface area contributed by atoms with Crippen molar-refractivity contribution in [3.05, 3.63) is 66.2 Å². The van der Waals surface area contributed by atoms with Crippen LogP contribution in [-0.4, -0.2) is 26.9 Å². The summed E-state index contributed by atoms with van der Waals surface area (Å²) < 4.78 is 6.11. The minimum Gasteiger partial charge on any atom is -0.438 e. The van der Waals surface area contributed by atoms with Crippen LogP contribution in [-0.2, 0) is 0 Å². The summed E-state index contributed by atoms with van der Waals surface area (Å²) in [6.45, 7) is 10.2. The normalized spacial score (nSPS) is 12.3. The van der Waals surface area contributed by atoms with Crippen LogP contribution in [0.15, 0.2) is 55.1 Å². The van der Waals surface area contributed by atoms with Gasteiger partial charge >= 0.3 is 0 Å². The highest BCUT2D eigenvalue weighted by Crippen LogP contribution is 2.32. The van der Waals surface area contributed by atoms with Crippen molar-refractivity contribution in [2.45, 2.75) is 40.7 Å². The molecule has 2 heterocycles. The number of benzene rings is 1. The van der Waals surface area contributed by atoms with Crippen LogP contribution in [0.25, 0.3) is 11.3 Å². The van der Waals surface area contributed by atoms with Crippen molar-refractivity contribution in [3.63, 3.8) is 0 Å². The number of carbonyl (C=O) groups is 1. The van der Waals surface area contributed by atoms with Gasteiger partial charge in [0, 0.05) is 24.0 Å². The van der Waals surface area contributed by atoms with Crippen molar-refractivity contribution in [2.24, 2.45) is 5.41 Å². The van der Waals surface area contributed by atoms with Gasteiger partial charge in [-0.05, 0) is 55.2 Å². The Hall–Kier alpha value is -3.28. The molecule has 0 aliphatic carbocycles. The highest BCUT2D eigenvalue weighted by Gasteiger charge is 2.22. The molecule has 2 aromatic heterocycles. The Bertz CT molecular complexity index is 997. The van der Waals surface area contributed by atoms with Crippen molar-refractivity contribution >= 4 is 5.91 Å². The molecule has 6 nitrogen and oxygen atoms in total. The number of hydrogen-bond donors (Lipinski definition) is 1. The van der Waals surface area contributed by atoms with Gasteiger partial charge in [-0.2, -0.15) is 0 Å². The zero-order valence-electron chi connectivity index (χ0n) is 17.4. The van der Waals surface area contributed by atoms with Gasteiger partial charge < -0.3 is 10.1 Å². The molecule has 0 radical (unpaired) electrons. The van der Waals surface area contributed by atoms with E-state index in [-0.39, 0.29) is 17.4 Å². The van der Waals surface area contributed by atoms with Crippen LogP contribution in [0, 0.1) is 12.3 Å². The summed E-state index contributed by atoms with van der Waals surface area (Å²) in [5.41, 5.74) is 2.89. The summed E-state index contributed by atoms with van der Waals surface area (Å²) in [7, 11) is 0. The molecule has 0 spiro atoms. The predicted molar refractivity (Wildman–Crippen MR) is 113 cm³/mol. The van der Waals surface area contributed by atoms with Crippen LogP contribution in [0.5, 0.6) is 11.6 Å². The molecule has 29 heavy (non-hydrogen) atoms. The summed E-state index contributed by atoms with van der Waals surface area (Å²) in [5, 5.41) is 3.06. The third kappa shape index (κ3) is 4.96. The first-order chi connectivity index (χ1) is 13.8. The van der Waals surface area contributed by atoms with Crippen LogP contribution in [0.2, 0.25) is 0 Å². The van der Waals surface area contributed by atoms with E-state index in [1.54, 1.807) is 30.6 Å². The SMILES string of the molecule is Cc1ccc(C(=O)N[C@H](C)C(C)(C)C)cc1Oc1ncccc1-c1ccncn1. The molecule has 0 bridgehead atoms. The molecule has 3 rings (SSSR count). The van der Waals surface area contributed by atoms with Gasteiger partial charge in [-0.3, -0.25) is 4.79 Å². The fourth-order valence-corrected chi connectivity index (χ4v) is 2.57. The molecule has 1 amide bonds. The number of rotatable bonds is 5. The van der Waals surface area contributed by atoms with Gasteiger partial charge in [-0.25, -0.2) is 15.0 Å². The highest BCUT2D eigenvalue weighted by atomic mass is 16.5. The zero-order chi connectivity index (χ0) is 21.0. The number of hydrogen-bond acceptors (Lipinski definition) is 5. The van der Waals surface area contributed by atoms with Crippen LogP contribution in [0.3, 0.4) is 0 Å². The molecule has 0 saturated carbocycles. The van der Waals surface area contributed by atoms with E-state index in [1.165, 1.54) is 6.33 Å². The smallest absolute Gasteiger partial charge is 0.251 e. The minimum absolute atomic E-state index is 0.0277. The highest BCUT2D eigenvalue weighted by molar-refractivity contribution is 5.95. The number of aromatic nitrogens is 3. The number of carbonyl (C=O) groups excluding carboxylic acids is 1. The Morgan fingerprint density at radius 1 is 1.10 bits per heavy atom. The molecule has 0 saturated heterocycles. The maximum Gasteiger partial charge on any atom is 0.251 e. The van der Waals surface area contributed by atoms with E-state index in [1.807, 2.05) is 32.0 Å². The Morgan fingerprint density at radius 3 is 2.59 bits per heavy atom. The quantitative estimate of drug-likeness (QED) is 0.677. The van der Waals surface area contributed by atoms with E-state index < -0.39 is 0 Å². The summed E-state index contributed by atoms with van der Waals surface area (Å²) in [5.74, 6) is 0.874. The minimum atomic E-state index is -0.130. The Kier molecular flexibility index (Phi) is 5.92. The lowest BCUT2D eigenvalue weighted by Crippen LogP contribution is -2.41. The van der Waals surface area contributed by atoms with Crippen LogP contribution in [0.4, 0.5) is 0 Å². The maximum absolute atomic E-state index is 12.7. The van der Waals surface area contributed by atoms with Gasteiger partial charge in [0.15, 0.2) is 0 Å². The van der Waals surface area contributed by atoms with Crippen molar-refractivity contribution < 1.29 is 9.53 Å². The first-order valence-electron chi connectivity index (χ1n) is 9.56. The molecular weight excluding hydrogens is 364 g/mol. The summed E-state index contributed by atoms with van der Waals surface area (Å²) >= 11 is 0. The monoisotopic (exact) mass is 390 g/mol. The first-order valence-corrected chi connectivity index (χ1v) is 9.56. The largest absolute Gasteiger partial charge is 0.438 e. The molecular formula is C23H26N4O2. The van der Waals surface area contributed by atoms with Crippen molar-refractivity contribution in [3.8, 4) is 22.9 Å². The molecule has 6 heteroatoms.